The van der Waals surface area contributed by atoms with E-state index in [0.717, 1.165) is 5.56 Å². The van der Waals surface area contributed by atoms with Crippen LogP contribution in [0.15, 0.2) is 60.7 Å². The van der Waals surface area contributed by atoms with Crippen molar-refractivity contribution in [1.29, 1.82) is 5.41 Å². The van der Waals surface area contributed by atoms with Crippen molar-refractivity contribution in [2.45, 2.75) is 20.4 Å². The van der Waals surface area contributed by atoms with E-state index in [1.54, 1.807) is 16.5 Å². The molecule has 0 saturated heterocycles. The zero-order valence-electron chi connectivity index (χ0n) is 22.0. The molecule has 0 aliphatic rings. The van der Waals surface area contributed by atoms with E-state index in [9.17, 15) is 8.78 Å². The number of amidine groups is 1. The molecule has 3 heterocycles. The Hall–Kier alpha value is -4.40. The maximum atomic E-state index is 14.8. The third kappa shape index (κ3) is 4.34. The van der Waals surface area contributed by atoms with Crippen molar-refractivity contribution >= 4 is 17.0 Å². The largest absolute Gasteiger partial charge is 0.360 e. The Kier molecular flexibility index (Phi) is 6.52. The topological polar surface area (TPSA) is 75.6 Å². The third-order valence-corrected chi connectivity index (χ3v) is 6.37. The molecule has 7 nitrogen and oxygen atoms in total. The van der Waals surface area contributed by atoms with E-state index in [2.05, 4.69) is 13.8 Å². The van der Waals surface area contributed by atoms with E-state index < -0.39 is 11.6 Å². The van der Waals surface area contributed by atoms with E-state index >= 15 is 0 Å². The molecule has 5 rings (SSSR count). The molecule has 0 spiro atoms. The van der Waals surface area contributed by atoms with E-state index in [0.29, 0.717) is 46.5 Å². The molecule has 0 radical (unpaired) electrons. The standard InChI is InChI=1S/C29H29F2N7/c1-17(2)16-38-27-22(34-29(38)26(32)36(3)4)15-14-21(33-27)25-24(18-10-7-6-8-11-18)35-28(37(25)5)23-19(30)12-9-13-20(23)31/h6-15,17,32H,16H2,1-5H3. The Labute approximate surface area is 219 Å². The molecule has 0 saturated carbocycles. The van der Waals surface area contributed by atoms with Gasteiger partial charge in [-0.25, -0.2) is 23.7 Å². The number of imidazole rings is 2. The van der Waals surface area contributed by atoms with Gasteiger partial charge in [0.25, 0.3) is 0 Å². The van der Waals surface area contributed by atoms with Gasteiger partial charge in [-0.2, -0.15) is 0 Å². The number of nitrogens with one attached hydrogen (secondary N) is 1. The lowest BCUT2D eigenvalue weighted by molar-refractivity contribution is 0.520. The first-order valence-corrected chi connectivity index (χ1v) is 12.4. The van der Waals surface area contributed by atoms with Gasteiger partial charge in [0.05, 0.1) is 22.6 Å². The summed E-state index contributed by atoms with van der Waals surface area (Å²) in [6, 6.07) is 17.0. The highest BCUT2D eigenvalue weighted by Crippen LogP contribution is 2.37. The molecule has 0 aliphatic carbocycles. The lowest BCUT2D eigenvalue weighted by Crippen LogP contribution is -2.26. The summed E-state index contributed by atoms with van der Waals surface area (Å²) >= 11 is 0. The van der Waals surface area contributed by atoms with Crippen molar-refractivity contribution in [2.75, 3.05) is 14.1 Å². The second-order valence-corrected chi connectivity index (χ2v) is 9.88. The van der Waals surface area contributed by atoms with Gasteiger partial charge in [0.1, 0.15) is 23.0 Å². The number of pyridine rings is 1. The molecule has 0 aliphatic heterocycles. The number of halogens is 2. The first kappa shape index (κ1) is 25.3. The van der Waals surface area contributed by atoms with Crippen molar-refractivity contribution in [3.05, 3.63) is 78.1 Å². The minimum atomic E-state index is -0.686. The second kappa shape index (κ2) is 9.81. The number of nitrogens with zero attached hydrogens (tertiary/aromatic N) is 6. The highest BCUT2D eigenvalue weighted by molar-refractivity contribution is 5.96. The van der Waals surface area contributed by atoms with Crippen LogP contribution in [0.4, 0.5) is 8.78 Å². The summed E-state index contributed by atoms with van der Waals surface area (Å²) < 4.78 is 33.3. The van der Waals surface area contributed by atoms with Crippen LogP contribution in [0.25, 0.3) is 45.2 Å². The summed E-state index contributed by atoms with van der Waals surface area (Å²) in [6.45, 7) is 4.83. The van der Waals surface area contributed by atoms with Crippen LogP contribution in [-0.2, 0) is 13.6 Å². The van der Waals surface area contributed by atoms with Crippen molar-refractivity contribution in [2.24, 2.45) is 13.0 Å². The summed E-state index contributed by atoms with van der Waals surface area (Å²) in [5, 5.41) is 8.57. The second-order valence-electron chi connectivity index (χ2n) is 9.88. The van der Waals surface area contributed by atoms with E-state index in [1.807, 2.05) is 61.1 Å². The number of hydrogen-bond acceptors (Lipinski definition) is 4. The lowest BCUT2D eigenvalue weighted by Gasteiger charge is -2.16. The number of rotatable bonds is 6. The highest BCUT2D eigenvalue weighted by atomic mass is 19.1. The highest BCUT2D eigenvalue weighted by Gasteiger charge is 2.25. The fourth-order valence-electron chi connectivity index (χ4n) is 4.58. The normalized spacial score (nSPS) is 11.5. The molecule has 1 N–H and O–H groups in total. The summed E-state index contributed by atoms with van der Waals surface area (Å²) in [4.78, 5) is 16.2. The van der Waals surface area contributed by atoms with E-state index in [1.165, 1.54) is 18.2 Å². The van der Waals surface area contributed by atoms with Gasteiger partial charge in [0, 0.05) is 33.3 Å². The Balaban J connectivity index is 1.79. The van der Waals surface area contributed by atoms with Gasteiger partial charge in [-0.1, -0.05) is 50.2 Å². The maximum absolute atomic E-state index is 14.8. The average molecular weight is 514 g/mol. The number of hydrogen-bond donors (Lipinski definition) is 1. The van der Waals surface area contributed by atoms with Crippen molar-refractivity contribution in [3.8, 4) is 34.0 Å². The molecule has 0 amide bonds. The van der Waals surface area contributed by atoms with Crippen LogP contribution in [0.5, 0.6) is 0 Å². The van der Waals surface area contributed by atoms with Crippen LogP contribution in [0.2, 0.25) is 0 Å². The Morgan fingerprint density at radius 2 is 1.61 bits per heavy atom. The quantitative estimate of drug-likeness (QED) is 0.224. The summed E-state index contributed by atoms with van der Waals surface area (Å²) in [7, 11) is 5.36. The van der Waals surface area contributed by atoms with E-state index in [4.69, 9.17) is 20.4 Å². The van der Waals surface area contributed by atoms with Crippen LogP contribution in [0, 0.1) is 23.0 Å². The Morgan fingerprint density at radius 1 is 0.921 bits per heavy atom. The van der Waals surface area contributed by atoms with Crippen LogP contribution in [0.3, 0.4) is 0 Å². The van der Waals surface area contributed by atoms with Gasteiger partial charge < -0.3 is 14.0 Å². The number of fused-ring (bicyclic) bond motifs is 1. The molecule has 0 fully saturated rings. The fraction of sp³-hybridized carbons (Fsp3) is 0.241. The van der Waals surface area contributed by atoms with Crippen LogP contribution < -0.4 is 0 Å². The first-order valence-electron chi connectivity index (χ1n) is 12.4. The molecule has 194 valence electrons. The van der Waals surface area contributed by atoms with Crippen molar-refractivity contribution in [1.82, 2.24) is 29.0 Å². The summed E-state index contributed by atoms with van der Waals surface area (Å²) in [5.74, 6) is -0.0938. The van der Waals surface area contributed by atoms with Gasteiger partial charge >= 0.3 is 0 Å². The van der Waals surface area contributed by atoms with Crippen LogP contribution >= 0.6 is 0 Å². The number of benzene rings is 2. The molecule has 0 unspecified atom stereocenters. The Bertz CT molecular complexity index is 1630. The Morgan fingerprint density at radius 3 is 2.24 bits per heavy atom. The van der Waals surface area contributed by atoms with Crippen LogP contribution in [-0.4, -0.2) is 48.9 Å². The van der Waals surface area contributed by atoms with Crippen molar-refractivity contribution in [3.63, 3.8) is 0 Å². The monoisotopic (exact) mass is 513 g/mol. The predicted molar refractivity (Wildman–Crippen MR) is 146 cm³/mol. The van der Waals surface area contributed by atoms with Gasteiger partial charge in [-0.15, -0.1) is 0 Å². The molecular formula is C29H29F2N7. The molecule has 9 heteroatoms. The van der Waals surface area contributed by atoms with Gasteiger partial charge in [0.15, 0.2) is 17.3 Å². The summed E-state index contributed by atoms with van der Waals surface area (Å²) in [5.41, 5.74) is 3.68. The lowest BCUT2D eigenvalue weighted by atomic mass is 10.1. The van der Waals surface area contributed by atoms with Gasteiger partial charge in [0.2, 0.25) is 0 Å². The van der Waals surface area contributed by atoms with Crippen molar-refractivity contribution < 1.29 is 8.78 Å². The fourth-order valence-corrected chi connectivity index (χ4v) is 4.58. The SMILES string of the molecule is CC(C)Cn1c(C(=N)N(C)C)nc2ccc(-c3c(-c4ccccc4)nc(-c4c(F)cccc4F)n3C)nc21. The molecule has 3 aromatic heterocycles. The first-order chi connectivity index (χ1) is 18.2. The van der Waals surface area contributed by atoms with Gasteiger partial charge in [-0.05, 0) is 30.2 Å². The maximum Gasteiger partial charge on any atom is 0.177 e. The molecule has 0 atom stereocenters. The zero-order valence-corrected chi connectivity index (χ0v) is 22.0. The molecule has 38 heavy (non-hydrogen) atoms. The molecule has 0 bridgehead atoms. The van der Waals surface area contributed by atoms with Crippen LogP contribution in [0.1, 0.15) is 19.7 Å². The summed E-state index contributed by atoms with van der Waals surface area (Å²) in [6.07, 6.45) is 0. The van der Waals surface area contributed by atoms with E-state index in [-0.39, 0.29) is 17.2 Å². The minimum absolute atomic E-state index is 0.169. The average Bonchev–Trinajstić information content (AvgIpc) is 3.41. The zero-order chi connectivity index (χ0) is 27.1. The smallest absolute Gasteiger partial charge is 0.177 e. The molecule has 5 aromatic rings. The minimum Gasteiger partial charge on any atom is -0.360 e. The number of aromatic nitrogens is 5. The molecule has 2 aromatic carbocycles. The van der Waals surface area contributed by atoms with Gasteiger partial charge in [-0.3, -0.25) is 5.41 Å². The molecular weight excluding hydrogens is 484 g/mol. The predicted octanol–water partition coefficient (Wildman–Crippen LogP) is 5.99. The third-order valence-electron chi connectivity index (χ3n) is 6.37.